The lowest BCUT2D eigenvalue weighted by molar-refractivity contribution is -0.119. The number of hydrogen-bond donors (Lipinski definition) is 0. The number of amides is 1. The van der Waals surface area contributed by atoms with Crippen LogP contribution in [0.3, 0.4) is 0 Å². The molecule has 1 amide bonds. The van der Waals surface area contributed by atoms with Gasteiger partial charge in [0, 0.05) is 32.2 Å². The number of carbonyl (C=O) groups excluding carboxylic acids is 1. The van der Waals surface area contributed by atoms with E-state index in [1.54, 1.807) is 4.90 Å². The molecule has 9 heteroatoms. The van der Waals surface area contributed by atoms with E-state index in [1.807, 2.05) is 49.4 Å². The number of fused-ring (bicyclic) bond motifs is 1. The van der Waals surface area contributed by atoms with E-state index in [2.05, 4.69) is 31.9 Å². The van der Waals surface area contributed by atoms with Gasteiger partial charge in [-0.15, -0.1) is 0 Å². The molecule has 0 saturated heterocycles. The molecule has 0 fully saturated rings. The highest BCUT2D eigenvalue weighted by molar-refractivity contribution is 9.10. The van der Waals surface area contributed by atoms with E-state index in [9.17, 15) is 13.2 Å². The van der Waals surface area contributed by atoms with Crippen molar-refractivity contribution in [2.24, 2.45) is 0 Å². The second-order valence-corrected chi connectivity index (χ2v) is 12.1. The molecular formula is C24H21Br2ClN2O3S. The first-order valence-electron chi connectivity index (χ1n) is 10.3. The SMILES string of the molecule is C[C@H]1Cc2cc(Br)ccc2N1C(=O)CN(Cc1ccc(Br)cc1)S(=O)(=O)c1ccc(Cl)cc1. The Balaban J connectivity index is 1.67. The van der Waals surface area contributed by atoms with Crippen LogP contribution in [0.15, 0.2) is 80.6 Å². The average molecular weight is 613 g/mol. The summed E-state index contributed by atoms with van der Waals surface area (Å²) in [4.78, 5) is 15.3. The lowest BCUT2D eigenvalue weighted by Crippen LogP contribution is -2.44. The fourth-order valence-corrected chi connectivity index (χ4v) is 6.16. The quantitative estimate of drug-likeness (QED) is 0.342. The molecule has 0 radical (unpaired) electrons. The van der Waals surface area contributed by atoms with E-state index in [-0.39, 0.29) is 29.9 Å². The second-order valence-electron chi connectivity index (χ2n) is 7.94. The number of rotatable bonds is 6. The summed E-state index contributed by atoms with van der Waals surface area (Å²) in [5.41, 5.74) is 2.66. The molecule has 0 bridgehead atoms. The van der Waals surface area contributed by atoms with E-state index in [0.717, 1.165) is 32.2 Å². The van der Waals surface area contributed by atoms with Crippen molar-refractivity contribution in [2.75, 3.05) is 11.4 Å². The van der Waals surface area contributed by atoms with Crippen molar-refractivity contribution in [1.82, 2.24) is 4.31 Å². The van der Waals surface area contributed by atoms with Crippen molar-refractivity contribution < 1.29 is 13.2 Å². The van der Waals surface area contributed by atoms with Crippen LogP contribution in [-0.2, 0) is 27.8 Å². The van der Waals surface area contributed by atoms with Gasteiger partial charge in [0.15, 0.2) is 0 Å². The molecular weight excluding hydrogens is 592 g/mol. The number of benzene rings is 3. The minimum atomic E-state index is -3.94. The molecule has 1 heterocycles. The molecule has 5 nitrogen and oxygen atoms in total. The summed E-state index contributed by atoms with van der Waals surface area (Å²) in [6.07, 6.45) is 0.719. The van der Waals surface area contributed by atoms with Gasteiger partial charge in [-0.05, 0) is 79.1 Å². The van der Waals surface area contributed by atoms with Gasteiger partial charge in [-0.3, -0.25) is 4.79 Å². The van der Waals surface area contributed by atoms with Crippen LogP contribution in [0.2, 0.25) is 5.02 Å². The number of hydrogen-bond acceptors (Lipinski definition) is 3. The maximum Gasteiger partial charge on any atom is 0.243 e. The van der Waals surface area contributed by atoms with Gasteiger partial charge < -0.3 is 4.90 Å². The molecule has 0 spiro atoms. The molecule has 3 aromatic rings. The third kappa shape index (κ3) is 5.35. The molecule has 0 aliphatic carbocycles. The Morgan fingerprint density at radius 1 is 1.03 bits per heavy atom. The fraction of sp³-hybridized carbons (Fsp3) is 0.208. The highest BCUT2D eigenvalue weighted by Crippen LogP contribution is 2.34. The monoisotopic (exact) mass is 610 g/mol. The third-order valence-electron chi connectivity index (χ3n) is 5.56. The van der Waals surface area contributed by atoms with E-state index in [1.165, 1.54) is 28.6 Å². The molecule has 1 aliphatic rings. The van der Waals surface area contributed by atoms with Crippen molar-refractivity contribution in [3.05, 3.63) is 91.8 Å². The summed E-state index contributed by atoms with van der Waals surface area (Å²) < 4.78 is 30.1. The topological polar surface area (TPSA) is 57.7 Å². The van der Waals surface area contributed by atoms with Gasteiger partial charge in [0.2, 0.25) is 15.9 Å². The molecule has 0 N–H and O–H groups in total. The minimum Gasteiger partial charge on any atom is -0.308 e. The summed E-state index contributed by atoms with van der Waals surface area (Å²) in [6.45, 7) is 1.76. The maximum absolute atomic E-state index is 13.5. The van der Waals surface area contributed by atoms with Crippen molar-refractivity contribution in [1.29, 1.82) is 0 Å². The van der Waals surface area contributed by atoms with E-state index in [4.69, 9.17) is 11.6 Å². The molecule has 172 valence electrons. The van der Waals surface area contributed by atoms with Gasteiger partial charge in [0.25, 0.3) is 0 Å². The van der Waals surface area contributed by atoms with Gasteiger partial charge >= 0.3 is 0 Å². The molecule has 0 unspecified atom stereocenters. The summed E-state index contributed by atoms with van der Waals surface area (Å²) in [7, 11) is -3.94. The van der Waals surface area contributed by atoms with Crippen molar-refractivity contribution in [2.45, 2.75) is 30.8 Å². The van der Waals surface area contributed by atoms with Crippen LogP contribution >= 0.6 is 43.5 Å². The maximum atomic E-state index is 13.5. The Bertz CT molecular complexity index is 1280. The van der Waals surface area contributed by atoms with Crippen LogP contribution in [0.4, 0.5) is 5.69 Å². The van der Waals surface area contributed by atoms with E-state index >= 15 is 0 Å². The summed E-state index contributed by atoms with van der Waals surface area (Å²) in [5.74, 6) is -0.266. The zero-order valence-corrected chi connectivity index (χ0v) is 22.5. The van der Waals surface area contributed by atoms with Gasteiger partial charge in [-0.2, -0.15) is 4.31 Å². The van der Waals surface area contributed by atoms with E-state index in [0.29, 0.717) is 5.02 Å². The standard InChI is InChI=1S/C24H21Br2ClN2O3S/c1-16-12-18-13-20(26)6-11-23(18)29(16)24(30)15-28(14-17-2-4-19(25)5-3-17)33(31,32)22-9-7-21(27)8-10-22/h2-11,13,16H,12,14-15H2,1H3/t16-/m0/s1. The summed E-state index contributed by atoms with van der Waals surface area (Å²) in [5, 5.41) is 0.443. The number of nitrogens with zero attached hydrogens (tertiary/aromatic N) is 2. The molecule has 0 saturated carbocycles. The Labute approximate surface area is 215 Å². The molecule has 0 aromatic heterocycles. The minimum absolute atomic E-state index is 0.0606. The number of carbonyl (C=O) groups is 1. The van der Waals surface area contributed by atoms with Gasteiger partial charge in [-0.1, -0.05) is 55.6 Å². The fourth-order valence-electron chi connectivity index (χ4n) is 3.98. The van der Waals surface area contributed by atoms with Crippen LogP contribution in [0.5, 0.6) is 0 Å². The van der Waals surface area contributed by atoms with Gasteiger partial charge in [-0.25, -0.2) is 8.42 Å². The summed E-state index contributed by atoms with van der Waals surface area (Å²) >= 11 is 12.8. The normalized spacial score (nSPS) is 15.7. The first kappa shape index (κ1) is 24.4. The Kier molecular flexibility index (Phi) is 7.31. The number of sulfonamides is 1. The van der Waals surface area contributed by atoms with Crippen LogP contribution in [0.1, 0.15) is 18.1 Å². The smallest absolute Gasteiger partial charge is 0.243 e. The predicted molar refractivity (Wildman–Crippen MR) is 138 cm³/mol. The first-order valence-corrected chi connectivity index (χ1v) is 13.7. The Hall–Kier alpha value is -1.71. The van der Waals surface area contributed by atoms with Crippen molar-refractivity contribution in [3.8, 4) is 0 Å². The highest BCUT2D eigenvalue weighted by atomic mass is 79.9. The molecule has 4 rings (SSSR count). The van der Waals surface area contributed by atoms with E-state index < -0.39 is 10.0 Å². The van der Waals surface area contributed by atoms with Gasteiger partial charge in [0.05, 0.1) is 11.4 Å². The molecule has 1 atom stereocenters. The largest absolute Gasteiger partial charge is 0.308 e. The third-order valence-corrected chi connectivity index (χ3v) is 8.64. The molecule has 33 heavy (non-hydrogen) atoms. The molecule has 1 aliphatic heterocycles. The summed E-state index contributed by atoms with van der Waals surface area (Å²) in [6, 6.07) is 19.1. The average Bonchev–Trinajstić information content (AvgIpc) is 3.09. The zero-order valence-electron chi connectivity index (χ0n) is 17.7. The number of anilines is 1. The number of halogens is 3. The molecule has 3 aromatic carbocycles. The predicted octanol–water partition coefficient (Wildman–Crippen LogP) is 6.03. The van der Waals surface area contributed by atoms with Crippen LogP contribution in [0, 0.1) is 0 Å². The first-order chi connectivity index (χ1) is 15.6. The zero-order chi connectivity index (χ0) is 23.8. The van der Waals surface area contributed by atoms with Crippen LogP contribution in [0.25, 0.3) is 0 Å². The highest BCUT2D eigenvalue weighted by Gasteiger charge is 2.34. The van der Waals surface area contributed by atoms with Crippen LogP contribution < -0.4 is 4.90 Å². The lowest BCUT2D eigenvalue weighted by atomic mass is 10.1. The van der Waals surface area contributed by atoms with Gasteiger partial charge in [0.1, 0.15) is 0 Å². The second kappa shape index (κ2) is 9.88. The van der Waals surface area contributed by atoms with Crippen molar-refractivity contribution >= 4 is 65.1 Å². The van der Waals surface area contributed by atoms with Crippen LogP contribution in [-0.4, -0.2) is 31.2 Å². The Morgan fingerprint density at radius 3 is 2.33 bits per heavy atom. The van der Waals surface area contributed by atoms with Crippen molar-refractivity contribution in [3.63, 3.8) is 0 Å². The Morgan fingerprint density at radius 2 is 1.67 bits per heavy atom. The lowest BCUT2D eigenvalue weighted by Gasteiger charge is -2.27.